The number of amides is 1. The van der Waals surface area contributed by atoms with E-state index in [1.165, 1.54) is 37.3 Å². The van der Waals surface area contributed by atoms with E-state index in [0.29, 0.717) is 43.0 Å². The van der Waals surface area contributed by atoms with Crippen LogP contribution in [0.25, 0.3) is 0 Å². The highest BCUT2D eigenvalue weighted by Crippen LogP contribution is 2.25. The van der Waals surface area contributed by atoms with Crippen LogP contribution in [0, 0.1) is 18.6 Å². The van der Waals surface area contributed by atoms with Crippen LogP contribution in [0.5, 0.6) is 0 Å². The molecule has 0 aromatic heterocycles. The largest absolute Gasteiger partial charge is 0.366 e. The second-order valence-electron chi connectivity index (χ2n) is 6.46. The summed E-state index contributed by atoms with van der Waals surface area (Å²) < 4.78 is 27.4. The van der Waals surface area contributed by atoms with Crippen LogP contribution >= 0.6 is 0 Å². The lowest BCUT2D eigenvalue weighted by Gasteiger charge is -2.36. The summed E-state index contributed by atoms with van der Waals surface area (Å²) in [6.07, 6.45) is 0. The van der Waals surface area contributed by atoms with E-state index < -0.39 is 5.82 Å². The minimum absolute atomic E-state index is 0.159. The van der Waals surface area contributed by atoms with Gasteiger partial charge < -0.3 is 9.80 Å². The lowest BCUT2D eigenvalue weighted by molar-refractivity contribution is 0.0746. The van der Waals surface area contributed by atoms with Crippen LogP contribution in [0.15, 0.2) is 36.4 Å². The lowest BCUT2D eigenvalue weighted by Crippen LogP contribution is -2.49. The Morgan fingerprint density at radius 3 is 2.15 bits per heavy atom. The predicted molar refractivity (Wildman–Crippen MR) is 95.7 cm³/mol. The van der Waals surface area contributed by atoms with Crippen molar-refractivity contribution in [2.75, 3.05) is 31.1 Å². The maximum absolute atomic E-state index is 14.4. The van der Waals surface area contributed by atoms with Crippen LogP contribution < -0.4 is 4.90 Å². The lowest BCUT2D eigenvalue weighted by atomic mass is 10.0. The summed E-state index contributed by atoms with van der Waals surface area (Å²) in [5.41, 5.74) is 2.00. The molecule has 0 N–H and O–H groups in total. The van der Waals surface area contributed by atoms with Crippen molar-refractivity contribution < 1.29 is 18.4 Å². The molecule has 2 aromatic rings. The first-order chi connectivity index (χ1) is 12.4. The summed E-state index contributed by atoms with van der Waals surface area (Å²) >= 11 is 0. The van der Waals surface area contributed by atoms with E-state index in [1.54, 1.807) is 17.9 Å². The number of carbonyl (C=O) groups excluding carboxylic acids is 2. The van der Waals surface area contributed by atoms with Gasteiger partial charge in [-0.2, -0.15) is 0 Å². The first-order valence-corrected chi connectivity index (χ1v) is 8.47. The maximum atomic E-state index is 14.4. The van der Waals surface area contributed by atoms with Gasteiger partial charge in [-0.1, -0.05) is 0 Å². The zero-order valence-electron chi connectivity index (χ0n) is 14.8. The van der Waals surface area contributed by atoms with Gasteiger partial charge in [0, 0.05) is 37.3 Å². The Kier molecular flexibility index (Phi) is 5.02. The number of benzene rings is 2. The van der Waals surface area contributed by atoms with Gasteiger partial charge in [0.1, 0.15) is 11.6 Å². The Morgan fingerprint density at radius 1 is 0.962 bits per heavy atom. The van der Waals surface area contributed by atoms with Crippen molar-refractivity contribution in [2.24, 2.45) is 0 Å². The molecule has 1 aliphatic rings. The summed E-state index contributed by atoms with van der Waals surface area (Å²) in [5.74, 6) is -1.14. The van der Waals surface area contributed by atoms with E-state index >= 15 is 0 Å². The molecule has 0 bridgehead atoms. The number of ketones is 1. The first kappa shape index (κ1) is 18.0. The number of hydrogen-bond donors (Lipinski definition) is 0. The van der Waals surface area contributed by atoms with Crippen molar-refractivity contribution in [3.8, 4) is 0 Å². The van der Waals surface area contributed by atoms with E-state index in [2.05, 4.69) is 0 Å². The zero-order chi connectivity index (χ0) is 18.8. The van der Waals surface area contributed by atoms with Crippen molar-refractivity contribution in [1.29, 1.82) is 0 Å². The number of halogens is 2. The topological polar surface area (TPSA) is 40.6 Å². The molecule has 136 valence electrons. The number of hydrogen-bond acceptors (Lipinski definition) is 3. The molecule has 26 heavy (non-hydrogen) atoms. The van der Waals surface area contributed by atoms with Crippen LogP contribution in [0.3, 0.4) is 0 Å². The number of anilines is 1. The molecule has 2 aromatic carbocycles. The Balaban J connectivity index is 1.70. The number of carbonyl (C=O) groups is 2. The molecule has 4 nitrogen and oxygen atoms in total. The normalized spacial score (nSPS) is 14.5. The van der Waals surface area contributed by atoms with Crippen molar-refractivity contribution in [1.82, 2.24) is 4.90 Å². The molecular formula is C20H20F2N2O2. The fourth-order valence-corrected chi connectivity index (χ4v) is 3.21. The molecule has 0 unspecified atom stereocenters. The molecule has 3 rings (SSSR count). The smallest absolute Gasteiger partial charge is 0.253 e. The molecular weight excluding hydrogens is 338 g/mol. The van der Waals surface area contributed by atoms with Crippen LogP contribution in [-0.2, 0) is 0 Å². The third-order valence-corrected chi connectivity index (χ3v) is 4.67. The van der Waals surface area contributed by atoms with Gasteiger partial charge in [-0.25, -0.2) is 8.78 Å². The number of piperazine rings is 1. The number of nitrogens with zero attached hydrogens (tertiary/aromatic N) is 2. The number of aryl methyl sites for hydroxylation is 1. The van der Waals surface area contributed by atoms with E-state index in [-0.39, 0.29) is 17.5 Å². The molecule has 0 atom stereocenters. The summed E-state index contributed by atoms with van der Waals surface area (Å²) in [6.45, 7) is 5.08. The van der Waals surface area contributed by atoms with Gasteiger partial charge >= 0.3 is 0 Å². The molecule has 1 heterocycles. The molecule has 1 saturated heterocycles. The predicted octanol–water partition coefficient (Wildman–Crippen LogP) is 3.44. The van der Waals surface area contributed by atoms with Crippen molar-refractivity contribution in [3.05, 3.63) is 64.7 Å². The van der Waals surface area contributed by atoms with Gasteiger partial charge in [-0.3, -0.25) is 9.59 Å². The van der Waals surface area contributed by atoms with Gasteiger partial charge in [0.25, 0.3) is 5.91 Å². The van der Waals surface area contributed by atoms with Crippen LogP contribution in [-0.4, -0.2) is 42.8 Å². The minimum atomic E-state index is -0.431. The SMILES string of the molecule is CC(=O)c1cc(F)c(N2CCN(C(=O)c3ccc(F)cc3)CC2)cc1C. The number of Topliss-reactive ketones (excluding diaryl/α,β-unsaturated/α-hetero) is 1. The van der Waals surface area contributed by atoms with Gasteiger partial charge in [0.05, 0.1) is 5.69 Å². The average molecular weight is 358 g/mol. The molecule has 6 heteroatoms. The summed E-state index contributed by atoms with van der Waals surface area (Å²) in [6, 6.07) is 8.42. The second kappa shape index (κ2) is 7.23. The molecule has 1 amide bonds. The highest BCUT2D eigenvalue weighted by atomic mass is 19.1. The van der Waals surface area contributed by atoms with E-state index in [4.69, 9.17) is 0 Å². The van der Waals surface area contributed by atoms with Gasteiger partial charge in [-0.15, -0.1) is 0 Å². The molecule has 0 spiro atoms. The third-order valence-electron chi connectivity index (χ3n) is 4.67. The minimum Gasteiger partial charge on any atom is -0.366 e. The number of rotatable bonds is 3. The monoisotopic (exact) mass is 358 g/mol. The Hall–Kier alpha value is -2.76. The van der Waals surface area contributed by atoms with Crippen molar-refractivity contribution in [3.63, 3.8) is 0 Å². The van der Waals surface area contributed by atoms with Crippen LogP contribution in [0.2, 0.25) is 0 Å². The highest BCUT2D eigenvalue weighted by molar-refractivity contribution is 5.96. The van der Waals surface area contributed by atoms with E-state index in [0.717, 1.165) is 5.56 Å². The first-order valence-electron chi connectivity index (χ1n) is 8.47. The zero-order valence-corrected chi connectivity index (χ0v) is 14.8. The molecule has 0 aliphatic carbocycles. The summed E-state index contributed by atoms with van der Waals surface area (Å²) in [4.78, 5) is 27.6. The second-order valence-corrected chi connectivity index (χ2v) is 6.46. The molecule has 0 radical (unpaired) electrons. The Bertz CT molecular complexity index is 842. The van der Waals surface area contributed by atoms with Gasteiger partial charge in [0.15, 0.2) is 5.78 Å². The van der Waals surface area contributed by atoms with Crippen LogP contribution in [0.4, 0.5) is 14.5 Å². The Morgan fingerprint density at radius 2 is 1.58 bits per heavy atom. The fraction of sp³-hybridized carbons (Fsp3) is 0.300. The third kappa shape index (κ3) is 3.59. The standard InChI is InChI=1S/C20H20F2N2O2/c1-13-11-19(18(22)12-17(13)14(2)25)23-7-9-24(10-8-23)20(26)15-3-5-16(21)6-4-15/h3-6,11-12H,7-10H2,1-2H3. The highest BCUT2D eigenvalue weighted by Gasteiger charge is 2.24. The molecule has 1 aliphatic heterocycles. The molecule has 1 fully saturated rings. The molecule has 0 saturated carbocycles. The van der Waals surface area contributed by atoms with Crippen molar-refractivity contribution in [2.45, 2.75) is 13.8 Å². The van der Waals surface area contributed by atoms with E-state index in [1.807, 2.05) is 4.90 Å². The van der Waals surface area contributed by atoms with Gasteiger partial charge in [0.2, 0.25) is 0 Å². The average Bonchev–Trinajstić information content (AvgIpc) is 2.63. The Labute approximate surface area is 151 Å². The van der Waals surface area contributed by atoms with E-state index in [9.17, 15) is 18.4 Å². The van der Waals surface area contributed by atoms with Crippen LogP contribution in [0.1, 0.15) is 33.2 Å². The quantitative estimate of drug-likeness (QED) is 0.789. The maximum Gasteiger partial charge on any atom is 0.253 e. The van der Waals surface area contributed by atoms with Gasteiger partial charge in [-0.05, 0) is 55.8 Å². The summed E-state index contributed by atoms with van der Waals surface area (Å²) in [7, 11) is 0. The van der Waals surface area contributed by atoms with Crippen molar-refractivity contribution >= 4 is 17.4 Å². The summed E-state index contributed by atoms with van der Waals surface area (Å²) in [5, 5.41) is 0. The fourth-order valence-electron chi connectivity index (χ4n) is 3.21.